The Morgan fingerprint density at radius 2 is 1.40 bits per heavy atom. The molecule has 1 aliphatic heterocycles. The summed E-state index contributed by atoms with van der Waals surface area (Å²) >= 11 is 0. The average molecular weight is 771 g/mol. The molecule has 0 aromatic heterocycles. The van der Waals surface area contributed by atoms with Gasteiger partial charge < -0.3 is 37.9 Å². The van der Waals surface area contributed by atoms with Crippen LogP contribution in [-0.2, 0) is 61.9 Å². The molecule has 1 aromatic carbocycles. The molecule has 55 heavy (non-hydrogen) atoms. The van der Waals surface area contributed by atoms with Gasteiger partial charge in [0.1, 0.15) is 35.1 Å². The Kier molecular flexibility index (Phi) is 11.4. The second kappa shape index (κ2) is 15.0. The van der Waals surface area contributed by atoms with Crippen LogP contribution >= 0.6 is 0 Å². The third kappa shape index (κ3) is 7.39. The average Bonchev–Trinajstić information content (AvgIpc) is 3.48. The molecule has 2 bridgehead atoms. The van der Waals surface area contributed by atoms with E-state index in [1.807, 2.05) is 13.8 Å². The van der Waals surface area contributed by atoms with Gasteiger partial charge in [-0.2, -0.15) is 0 Å². The van der Waals surface area contributed by atoms with Crippen LogP contribution in [0.4, 0.5) is 0 Å². The van der Waals surface area contributed by atoms with Gasteiger partial charge in [0.05, 0.1) is 23.5 Å². The Morgan fingerprint density at radius 3 is 1.95 bits per heavy atom. The van der Waals surface area contributed by atoms with Crippen LogP contribution in [0.1, 0.15) is 92.9 Å². The fraction of sp³-hybridized carbons (Fsp3) is 0.659. The smallest absolute Gasteiger partial charge is 0.338 e. The molecule has 5 rings (SSSR count). The minimum Gasteiger partial charge on any atom is -0.461 e. The van der Waals surface area contributed by atoms with E-state index in [0.29, 0.717) is 0 Å². The minimum atomic E-state index is -1.99. The summed E-state index contributed by atoms with van der Waals surface area (Å²) in [5.41, 5.74) is -7.78. The lowest BCUT2D eigenvalue weighted by Crippen LogP contribution is -2.64. The van der Waals surface area contributed by atoms with Crippen molar-refractivity contribution in [2.75, 3.05) is 13.2 Å². The largest absolute Gasteiger partial charge is 0.461 e. The lowest BCUT2D eigenvalue weighted by atomic mass is 9.53. The van der Waals surface area contributed by atoms with Gasteiger partial charge in [0.25, 0.3) is 0 Å². The monoisotopic (exact) mass is 770 g/mol. The van der Waals surface area contributed by atoms with Crippen molar-refractivity contribution in [3.05, 3.63) is 48.0 Å². The molecule has 4 aliphatic rings. The fourth-order valence-electron chi connectivity index (χ4n) is 10.0. The number of fused-ring (bicyclic) bond motifs is 1. The summed E-state index contributed by atoms with van der Waals surface area (Å²) < 4.78 is 51.3. The van der Waals surface area contributed by atoms with E-state index in [2.05, 4.69) is 0 Å². The van der Waals surface area contributed by atoms with E-state index in [1.54, 1.807) is 70.2 Å². The summed E-state index contributed by atoms with van der Waals surface area (Å²) in [6, 6.07) is 8.21. The highest BCUT2D eigenvalue weighted by molar-refractivity contribution is 5.89. The second-order valence-corrected chi connectivity index (χ2v) is 16.7. The van der Waals surface area contributed by atoms with E-state index >= 15 is 0 Å². The number of rotatable bonds is 11. The Hall–Kier alpha value is -4.30. The molecule has 2 saturated carbocycles. The van der Waals surface area contributed by atoms with Crippen LogP contribution in [0.5, 0.6) is 0 Å². The third-order valence-corrected chi connectivity index (χ3v) is 11.6. The summed E-state index contributed by atoms with van der Waals surface area (Å²) in [6.07, 6.45) is -2.24. The van der Waals surface area contributed by atoms with E-state index < -0.39 is 106 Å². The lowest BCUT2D eigenvalue weighted by molar-refractivity contribution is -0.239. The van der Waals surface area contributed by atoms with Crippen molar-refractivity contribution in [1.29, 1.82) is 0 Å². The van der Waals surface area contributed by atoms with E-state index in [1.165, 1.54) is 34.6 Å². The third-order valence-electron chi connectivity index (χ3n) is 11.6. The van der Waals surface area contributed by atoms with Gasteiger partial charge in [-0.15, -0.1) is 0 Å². The van der Waals surface area contributed by atoms with Crippen LogP contribution in [-0.4, -0.2) is 95.8 Å². The topological polar surface area (TPSA) is 176 Å². The maximum Gasteiger partial charge on any atom is 0.338 e. The number of carbonyl (C=O) groups is 6. The number of esters is 6. The predicted molar refractivity (Wildman–Crippen MR) is 193 cm³/mol. The molecule has 3 fully saturated rings. The Morgan fingerprint density at radius 1 is 0.800 bits per heavy atom. The normalized spacial score (nSPS) is 36.1. The molecule has 1 aromatic rings. The number of ether oxygens (including phenoxy) is 8. The van der Waals surface area contributed by atoms with Gasteiger partial charge in [-0.25, -0.2) is 4.79 Å². The molecule has 14 nitrogen and oxygen atoms in total. The van der Waals surface area contributed by atoms with Crippen molar-refractivity contribution in [3.63, 3.8) is 0 Å². The second-order valence-electron chi connectivity index (χ2n) is 16.7. The SMILES string of the molecule is CC(=O)O[C@@H]1[C@H]2[C@@H](OC(C)=O)[C@](C)(OCC(C)C)C[C@]2(OC(C)=O)[C@H](OC(=O)c2ccccc2)[C@]2(C)OC[C@]13[C@H](OC(C)=O)C=C[C@H](C(C)(C)OC(C)=O)[C@@H]23. The molecule has 11 atom stereocenters. The summed E-state index contributed by atoms with van der Waals surface area (Å²) in [5, 5.41) is 0. The summed E-state index contributed by atoms with van der Waals surface area (Å²) in [4.78, 5) is 80.1. The molecule has 14 heteroatoms. The molecule has 302 valence electrons. The molecule has 0 spiro atoms. The molecule has 3 aliphatic carbocycles. The highest BCUT2D eigenvalue weighted by Crippen LogP contribution is 2.70. The number of benzene rings is 1. The van der Waals surface area contributed by atoms with Crippen LogP contribution in [0, 0.1) is 29.1 Å². The molecule has 0 radical (unpaired) electrons. The number of hydrogen-bond donors (Lipinski definition) is 0. The fourth-order valence-corrected chi connectivity index (χ4v) is 10.0. The van der Waals surface area contributed by atoms with Crippen molar-refractivity contribution < 1.29 is 66.7 Å². The standard InChI is InChI=1S/C41H54O14/c1-22(2)19-48-38(10)20-41(55-27(7)46)31(33(38)51-24(4)43)34(52-25(5)44)40-21-49-39(11,36(41)53-35(47)28-15-13-12-14-16-28)32(40)29(37(8,9)54-26(6)45)17-18-30(40)50-23(3)42/h12-18,22,29-34,36H,19-21H2,1-11H3/t29-,30+,31+,32-,33+,34+,36+,38+,39+,40+,41+/m0/s1. The van der Waals surface area contributed by atoms with E-state index in [4.69, 9.17) is 37.9 Å². The van der Waals surface area contributed by atoms with Crippen LogP contribution in [0.15, 0.2) is 42.5 Å². The number of hydrogen-bond acceptors (Lipinski definition) is 14. The minimum absolute atomic E-state index is 0.00181. The summed E-state index contributed by atoms with van der Waals surface area (Å²) in [7, 11) is 0. The van der Waals surface area contributed by atoms with Crippen molar-refractivity contribution in [2.24, 2.45) is 29.1 Å². The molecule has 0 unspecified atom stereocenters. The molecule has 1 heterocycles. The van der Waals surface area contributed by atoms with Gasteiger partial charge in [0.2, 0.25) is 0 Å². The van der Waals surface area contributed by atoms with Crippen molar-refractivity contribution in [3.8, 4) is 0 Å². The van der Waals surface area contributed by atoms with Crippen LogP contribution < -0.4 is 0 Å². The molecule has 0 amide bonds. The first-order valence-corrected chi connectivity index (χ1v) is 18.7. The Balaban J connectivity index is 1.95. The van der Waals surface area contributed by atoms with Gasteiger partial charge in [-0.3, -0.25) is 24.0 Å². The quantitative estimate of drug-likeness (QED) is 0.172. The van der Waals surface area contributed by atoms with E-state index in [-0.39, 0.29) is 31.1 Å². The summed E-state index contributed by atoms with van der Waals surface area (Å²) in [5.74, 6) is -7.32. The van der Waals surface area contributed by atoms with Crippen molar-refractivity contribution in [1.82, 2.24) is 0 Å². The molecular weight excluding hydrogens is 716 g/mol. The Labute approximate surface area is 321 Å². The van der Waals surface area contributed by atoms with Crippen molar-refractivity contribution >= 4 is 35.8 Å². The highest BCUT2D eigenvalue weighted by atomic mass is 16.6. The molecule has 1 saturated heterocycles. The Bertz CT molecular complexity index is 1720. The van der Waals surface area contributed by atoms with E-state index in [9.17, 15) is 28.8 Å². The zero-order valence-corrected chi connectivity index (χ0v) is 33.5. The lowest BCUT2D eigenvalue weighted by Gasteiger charge is -2.53. The van der Waals surface area contributed by atoms with Gasteiger partial charge in [0.15, 0.2) is 11.7 Å². The maximum absolute atomic E-state index is 14.4. The number of carbonyl (C=O) groups excluding carboxylic acids is 6. The first-order valence-electron chi connectivity index (χ1n) is 18.7. The maximum atomic E-state index is 14.4. The first kappa shape index (κ1) is 41.9. The predicted octanol–water partition coefficient (Wildman–Crippen LogP) is 4.69. The molecule has 0 N–H and O–H groups in total. The van der Waals surface area contributed by atoms with Gasteiger partial charge in [0, 0.05) is 59.5 Å². The van der Waals surface area contributed by atoms with Gasteiger partial charge in [-0.1, -0.05) is 38.1 Å². The van der Waals surface area contributed by atoms with Gasteiger partial charge >= 0.3 is 35.8 Å². The van der Waals surface area contributed by atoms with Crippen molar-refractivity contribution in [2.45, 2.75) is 129 Å². The van der Waals surface area contributed by atoms with E-state index in [0.717, 1.165) is 0 Å². The highest BCUT2D eigenvalue weighted by Gasteiger charge is 2.84. The van der Waals surface area contributed by atoms with Crippen LogP contribution in [0.3, 0.4) is 0 Å². The zero-order chi connectivity index (χ0) is 40.9. The summed E-state index contributed by atoms with van der Waals surface area (Å²) in [6.45, 7) is 16.8. The molecular formula is C41H54O14. The van der Waals surface area contributed by atoms with Crippen LogP contribution in [0.25, 0.3) is 0 Å². The van der Waals surface area contributed by atoms with Crippen LogP contribution in [0.2, 0.25) is 0 Å². The zero-order valence-electron chi connectivity index (χ0n) is 33.5. The first-order chi connectivity index (χ1) is 25.5. The van der Waals surface area contributed by atoms with Gasteiger partial charge in [-0.05, 0) is 51.8 Å².